The van der Waals surface area contributed by atoms with Crippen LogP contribution < -0.4 is 15.6 Å². The van der Waals surface area contributed by atoms with Crippen LogP contribution in [0.25, 0.3) is 0 Å². The standard InChI is InChI=1S/3C6H4N2O5Si.O.V/c3*9-7(10)4-1-5(8(11)12)3-6(2-4)14-13;;/h3*1-3,13H;;. The van der Waals surface area contributed by atoms with Gasteiger partial charge in [0.05, 0.1) is 47.7 Å². The molecule has 0 spiro atoms. The second-order valence-electron chi connectivity index (χ2n) is 7.09. The van der Waals surface area contributed by atoms with E-state index in [1.54, 1.807) is 0 Å². The second kappa shape index (κ2) is 19.2. The van der Waals surface area contributed by atoms with Crippen molar-refractivity contribution in [3.63, 3.8) is 0 Å². The fourth-order valence-corrected chi connectivity index (χ4v) is 3.89. The molecule has 22 nitrogen and oxygen atoms in total. The number of benzene rings is 3. The Kier molecular flexibility index (Phi) is 17.0. The predicted molar refractivity (Wildman–Crippen MR) is 143 cm³/mol. The number of nitro benzene ring substituents is 6. The van der Waals surface area contributed by atoms with Gasteiger partial charge in [-0.1, -0.05) is 0 Å². The number of nitrogens with zero attached hydrogens (tertiary/aromatic N) is 6. The summed E-state index contributed by atoms with van der Waals surface area (Å²) < 4.78 is 8.19. The van der Waals surface area contributed by atoms with E-state index in [1.165, 1.54) is 0 Å². The molecule has 0 unspecified atom stereocenters. The molecule has 6 radical (unpaired) electrons. The van der Waals surface area contributed by atoms with E-state index in [2.05, 4.69) is 0 Å². The van der Waals surface area contributed by atoms with Crippen LogP contribution in [0.5, 0.6) is 0 Å². The third-order valence-electron chi connectivity index (χ3n) is 4.36. The van der Waals surface area contributed by atoms with Crippen molar-refractivity contribution in [3.8, 4) is 0 Å². The summed E-state index contributed by atoms with van der Waals surface area (Å²) in [4.78, 5) is 83.9. The van der Waals surface area contributed by atoms with Gasteiger partial charge in [0.2, 0.25) is 0 Å². The number of hydrogen-bond acceptors (Lipinski definition) is 16. The van der Waals surface area contributed by atoms with Crippen LogP contribution in [0.15, 0.2) is 54.6 Å². The van der Waals surface area contributed by atoms with Gasteiger partial charge >= 0.3 is 21.0 Å². The van der Waals surface area contributed by atoms with Crippen LogP contribution in [0.4, 0.5) is 34.1 Å². The predicted octanol–water partition coefficient (Wildman–Crippen LogP) is -0.902. The SMILES string of the molecule is O=[N+]([O-])c1cc([Si]O)cc([N+](=O)[O-])c1.O=[N+]([O-])c1cc([Si]O)cc([N+](=O)[O-])c1.O=[N+]([O-])c1cc([Si]O)cc([N+](=O)[O-])c1.[O]=[V]. The maximum absolute atomic E-state index is 10.3. The van der Waals surface area contributed by atoms with Crippen molar-refractivity contribution in [2.45, 2.75) is 0 Å². The minimum atomic E-state index is -0.739. The quantitative estimate of drug-likeness (QED) is 0.138. The summed E-state index contributed by atoms with van der Waals surface area (Å²) in [5.41, 5.74) is -2.36. The van der Waals surface area contributed by atoms with Crippen molar-refractivity contribution in [1.82, 2.24) is 0 Å². The summed E-state index contributed by atoms with van der Waals surface area (Å²) in [5.74, 6) is 0. The molecule has 3 rings (SSSR count). The average Bonchev–Trinajstić information content (AvgIpc) is 3.01. The molecule has 0 saturated carbocycles. The molecule has 3 N–H and O–H groups in total. The van der Waals surface area contributed by atoms with Gasteiger partial charge in [0.25, 0.3) is 63.4 Å². The molecule has 0 aliphatic rings. The molecule has 44 heavy (non-hydrogen) atoms. The van der Waals surface area contributed by atoms with Gasteiger partial charge in [0, 0.05) is 36.4 Å². The van der Waals surface area contributed by atoms with Gasteiger partial charge in [0.1, 0.15) is 0 Å². The fourth-order valence-electron chi connectivity index (χ4n) is 2.61. The fraction of sp³-hybridized carbons (Fsp3) is 0. The Balaban J connectivity index is 0.000000612. The van der Waals surface area contributed by atoms with E-state index < -0.39 is 93.0 Å². The van der Waals surface area contributed by atoms with E-state index in [0.717, 1.165) is 72.0 Å². The normalized spacial score (nSPS) is 9.41. The molecule has 0 aliphatic heterocycles. The molecule has 0 amide bonds. The first-order valence-corrected chi connectivity index (χ1v) is 13.7. The summed E-state index contributed by atoms with van der Waals surface area (Å²) in [6.07, 6.45) is 0. The van der Waals surface area contributed by atoms with Crippen LogP contribution in [0.1, 0.15) is 0 Å². The molecular formula is C18H12N6O16Si3V. The van der Waals surface area contributed by atoms with E-state index in [9.17, 15) is 60.7 Å². The molecule has 227 valence electrons. The summed E-state index contributed by atoms with van der Waals surface area (Å²) >= 11 is 1.06. The Morgan fingerprint density at radius 3 is 0.614 bits per heavy atom. The van der Waals surface area contributed by atoms with E-state index in [1.807, 2.05) is 0 Å². The van der Waals surface area contributed by atoms with E-state index in [-0.39, 0.29) is 15.6 Å². The van der Waals surface area contributed by atoms with Gasteiger partial charge in [0.15, 0.2) is 0 Å². The molecule has 3 aromatic carbocycles. The van der Waals surface area contributed by atoms with Crippen LogP contribution in [-0.2, 0) is 21.0 Å². The molecule has 0 fully saturated rings. The van der Waals surface area contributed by atoms with Gasteiger partial charge in [-0.25, -0.2) is 0 Å². The number of hydrogen-bond donors (Lipinski definition) is 3. The van der Waals surface area contributed by atoms with Gasteiger partial charge in [-0.3, -0.25) is 60.7 Å². The van der Waals surface area contributed by atoms with Gasteiger partial charge in [-0.05, 0) is 15.6 Å². The van der Waals surface area contributed by atoms with E-state index in [0.29, 0.717) is 0 Å². The molecule has 0 bridgehead atoms. The zero-order chi connectivity index (χ0) is 34.1. The first-order valence-electron chi connectivity index (χ1n) is 10.3. The number of non-ortho nitro benzene ring substituents is 6. The Morgan fingerprint density at radius 2 is 0.523 bits per heavy atom. The van der Waals surface area contributed by atoms with Gasteiger partial charge in [-0.2, -0.15) is 0 Å². The first-order chi connectivity index (χ1) is 20.6. The molecule has 0 aromatic heterocycles. The van der Waals surface area contributed by atoms with Crippen LogP contribution in [0, 0.1) is 60.7 Å². The Labute approximate surface area is 258 Å². The summed E-state index contributed by atoms with van der Waals surface area (Å²) in [7, 11) is -2.10. The molecular weight excluding hydrogens is 691 g/mol. The van der Waals surface area contributed by atoms with Gasteiger partial charge < -0.3 is 14.4 Å². The van der Waals surface area contributed by atoms with Crippen molar-refractivity contribution in [3.05, 3.63) is 115 Å². The zero-order valence-electron chi connectivity index (χ0n) is 21.0. The molecule has 26 heteroatoms. The number of nitro groups is 6. The summed E-state index contributed by atoms with van der Waals surface area (Å²) in [6, 6.07) is 9.17. The van der Waals surface area contributed by atoms with Crippen molar-refractivity contribution < 1.29 is 65.0 Å². The Morgan fingerprint density at radius 1 is 0.386 bits per heavy atom. The third-order valence-corrected chi connectivity index (χ3v) is 6.00. The van der Waals surface area contributed by atoms with E-state index >= 15 is 0 Å². The van der Waals surface area contributed by atoms with Crippen LogP contribution in [0.2, 0.25) is 0 Å². The van der Waals surface area contributed by atoms with Crippen LogP contribution in [0.3, 0.4) is 0 Å². The molecule has 0 saturated heterocycles. The Hall–Kier alpha value is -5.02. The van der Waals surface area contributed by atoms with Crippen molar-refractivity contribution in [2.24, 2.45) is 0 Å². The molecule has 0 heterocycles. The summed E-state index contributed by atoms with van der Waals surface area (Å²) in [5, 5.41) is 62.6. The van der Waals surface area contributed by atoms with Gasteiger partial charge in [-0.15, -0.1) is 0 Å². The molecule has 0 aliphatic carbocycles. The van der Waals surface area contributed by atoms with Crippen LogP contribution >= 0.6 is 0 Å². The average molecular weight is 704 g/mol. The minimum absolute atomic E-state index is 0.172. The molecule has 0 atom stereocenters. The monoisotopic (exact) mass is 703 g/mol. The Bertz CT molecular complexity index is 1290. The zero-order valence-corrected chi connectivity index (χ0v) is 25.4. The third kappa shape index (κ3) is 12.9. The maximum atomic E-state index is 10.3. The topological polar surface area (TPSA) is 337 Å². The summed E-state index contributed by atoms with van der Waals surface area (Å²) in [6.45, 7) is 0. The van der Waals surface area contributed by atoms with Crippen LogP contribution in [-0.4, -0.2) is 73.2 Å². The van der Waals surface area contributed by atoms with Crippen molar-refractivity contribution in [2.75, 3.05) is 0 Å². The van der Waals surface area contributed by atoms with E-state index in [4.69, 9.17) is 18.1 Å². The molecule has 3 aromatic rings. The first kappa shape index (κ1) is 39.0. The number of rotatable bonds is 9. The second-order valence-corrected chi connectivity index (χ2v) is 9.50. The van der Waals surface area contributed by atoms with Crippen molar-refractivity contribution >= 4 is 79.0 Å². The van der Waals surface area contributed by atoms with Crippen molar-refractivity contribution in [1.29, 1.82) is 0 Å².